The highest BCUT2D eigenvalue weighted by atomic mass is 32.1. The van der Waals surface area contributed by atoms with Crippen molar-refractivity contribution in [2.75, 3.05) is 13.1 Å². The van der Waals surface area contributed by atoms with Gasteiger partial charge in [0.1, 0.15) is 0 Å². The van der Waals surface area contributed by atoms with E-state index in [4.69, 9.17) is 0 Å². The van der Waals surface area contributed by atoms with Gasteiger partial charge in [0.15, 0.2) is 0 Å². The first-order valence-electron chi connectivity index (χ1n) is 7.25. The van der Waals surface area contributed by atoms with Crippen molar-refractivity contribution < 1.29 is 4.79 Å². The van der Waals surface area contributed by atoms with E-state index in [-0.39, 0.29) is 5.91 Å². The minimum atomic E-state index is 0.173. The van der Waals surface area contributed by atoms with Crippen molar-refractivity contribution in [3.05, 3.63) is 35.2 Å². The standard InChI is InChI=1S/C16H20N2OS/c19-16(6-5-12-7-8-17-9-12)18-10-13-11-20-15-4-2-1-3-14(13)15/h1-4,11-12,17H,5-10H2,(H,18,19). The fraction of sp³-hybridized carbons (Fsp3) is 0.438. The Bertz CT molecular complexity index is 587. The van der Waals surface area contributed by atoms with Crippen LogP contribution >= 0.6 is 11.3 Å². The normalized spacial score (nSPS) is 18.5. The SMILES string of the molecule is O=C(CCC1CCNC1)NCc1csc2ccccc12. The first kappa shape index (κ1) is 13.6. The second kappa shape index (κ2) is 6.37. The van der Waals surface area contributed by atoms with E-state index in [1.165, 1.54) is 22.1 Å². The third kappa shape index (κ3) is 3.19. The molecule has 4 heteroatoms. The van der Waals surface area contributed by atoms with Crippen LogP contribution in [0.3, 0.4) is 0 Å². The zero-order chi connectivity index (χ0) is 13.8. The van der Waals surface area contributed by atoms with Gasteiger partial charge in [0.25, 0.3) is 0 Å². The van der Waals surface area contributed by atoms with Gasteiger partial charge in [-0.25, -0.2) is 0 Å². The van der Waals surface area contributed by atoms with Crippen molar-refractivity contribution in [2.24, 2.45) is 5.92 Å². The van der Waals surface area contributed by atoms with Crippen LogP contribution in [0.4, 0.5) is 0 Å². The van der Waals surface area contributed by atoms with E-state index < -0.39 is 0 Å². The number of thiophene rings is 1. The van der Waals surface area contributed by atoms with E-state index in [2.05, 4.69) is 34.2 Å². The van der Waals surface area contributed by atoms with Crippen LogP contribution in [0.15, 0.2) is 29.6 Å². The number of hydrogen-bond donors (Lipinski definition) is 2. The molecule has 3 rings (SSSR count). The summed E-state index contributed by atoms with van der Waals surface area (Å²) in [5.41, 5.74) is 1.22. The zero-order valence-corrected chi connectivity index (χ0v) is 12.3. The Labute approximate surface area is 123 Å². The lowest BCUT2D eigenvalue weighted by Crippen LogP contribution is -2.23. The number of hydrogen-bond acceptors (Lipinski definition) is 3. The summed E-state index contributed by atoms with van der Waals surface area (Å²) in [6.45, 7) is 2.82. The highest BCUT2D eigenvalue weighted by Gasteiger charge is 2.15. The molecule has 106 valence electrons. The molecule has 1 amide bonds. The minimum absolute atomic E-state index is 0.173. The van der Waals surface area contributed by atoms with Gasteiger partial charge in [0, 0.05) is 17.7 Å². The maximum atomic E-state index is 11.9. The Hall–Kier alpha value is -1.39. The number of carbonyl (C=O) groups excluding carboxylic acids is 1. The number of fused-ring (bicyclic) bond motifs is 1. The molecule has 1 aliphatic rings. The Balaban J connectivity index is 1.49. The molecule has 1 aromatic heterocycles. The molecule has 0 saturated carbocycles. The molecule has 0 bridgehead atoms. The van der Waals surface area contributed by atoms with E-state index in [0.29, 0.717) is 18.9 Å². The molecule has 3 nitrogen and oxygen atoms in total. The van der Waals surface area contributed by atoms with Gasteiger partial charge < -0.3 is 10.6 Å². The summed E-state index contributed by atoms with van der Waals surface area (Å²) in [5.74, 6) is 0.856. The highest BCUT2D eigenvalue weighted by molar-refractivity contribution is 7.17. The molecule has 1 saturated heterocycles. The molecular weight excluding hydrogens is 268 g/mol. The Morgan fingerprint density at radius 3 is 3.15 bits per heavy atom. The van der Waals surface area contributed by atoms with Crippen LogP contribution in [0.1, 0.15) is 24.8 Å². The summed E-state index contributed by atoms with van der Waals surface area (Å²) in [6, 6.07) is 8.35. The monoisotopic (exact) mass is 288 g/mol. The zero-order valence-electron chi connectivity index (χ0n) is 11.5. The molecule has 20 heavy (non-hydrogen) atoms. The molecule has 0 aliphatic carbocycles. The molecule has 0 radical (unpaired) electrons. The maximum absolute atomic E-state index is 11.9. The van der Waals surface area contributed by atoms with Crippen molar-refractivity contribution in [3.8, 4) is 0 Å². The third-order valence-corrected chi connectivity index (χ3v) is 4.99. The van der Waals surface area contributed by atoms with Gasteiger partial charge in [-0.2, -0.15) is 0 Å². The van der Waals surface area contributed by atoms with E-state index in [0.717, 1.165) is 19.5 Å². The van der Waals surface area contributed by atoms with Gasteiger partial charge in [0.2, 0.25) is 5.91 Å². The van der Waals surface area contributed by atoms with Gasteiger partial charge in [-0.15, -0.1) is 11.3 Å². The van der Waals surface area contributed by atoms with Crippen molar-refractivity contribution >= 4 is 27.3 Å². The summed E-state index contributed by atoms with van der Waals surface area (Å²) in [5, 5.41) is 9.80. The predicted octanol–water partition coefficient (Wildman–Crippen LogP) is 2.91. The van der Waals surface area contributed by atoms with E-state index in [1.807, 2.05) is 6.07 Å². The second-order valence-electron chi connectivity index (χ2n) is 5.43. The summed E-state index contributed by atoms with van der Waals surface area (Å²) in [6.07, 6.45) is 2.86. The maximum Gasteiger partial charge on any atom is 0.220 e. The van der Waals surface area contributed by atoms with Crippen LogP contribution in [0.2, 0.25) is 0 Å². The van der Waals surface area contributed by atoms with Crippen LogP contribution < -0.4 is 10.6 Å². The molecule has 1 unspecified atom stereocenters. The summed E-state index contributed by atoms with van der Waals surface area (Å²) < 4.78 is 1.29. The van der Waals surface area contributed by atoms with Crippen LogP contribution in [0.25, 0.3) is 10.1 Å². The quantitative estimate of drug-likeness (QED) is 0.888. The number of carbonyl (C=O) groups is 1. The average Bonchev–Trinajstić information content (AvgIpc) is 3.12. The molecule has 2 aromatic rings. The number of rotatable bonds is 5. The Morgan fingerprint density at radius 1 is 1.40 bits per heavy atom. The van der Waals surface area contributed by atoms with Gasteiger partial charge in [-0.1, -0.05) is 18.2 Å². The third-order valence-electron chi connectivity index (χ3n) is 3.98. The van der Waals surface area contributed by atoms with Crippen LogP contribution in [-0.4, -0.2) is 19.0 Å². The first-order chi connectivity index (χ1) is 9.83. The van der Waals surface area contributed by atoms with Crippen molar-refractivity contribution in [2.45, 2.75) is 25.8 Å². The summed E-state index contributed by atoms with van der Waals surface area (Å²) in [7, 11) is 0. The molecular formula is C16H20N2OS. The lowest BCUT2D eigenvalue weighted by atomic mass is 10.0. The smallest absolute Gasteiger partial charge is 0.220 e. The van der Waals surface area contributed by atoms with Gasteiger partial charge in [-0.3, -0.25) is 4.79 Å². The van der Waals surface area contributed by atoms with Crippen LogP contribution in [0, 0.1) is 5.92 Å². The predicted molar refractivity (Wildman–Crippen MR) is 83.9 cm³/mol. The van der Waals surface area contributed by atoms with E-state index in [1.54, 1.807) is 11.3 Å². The lowest BCUT2D eigenvalue weighted by molar-refractivity contribution is -0.121. The van der Waals surface area contributed by atoms with Gasteiger partial charge >= 0.3 is 0 Å². The minimum Gasteiger partial charge on any atom is -0.352 e. The number of nitrogens with one attached hydrogen (secondary N) is 2. The molecule has 1 aliphatic heterocycles. The Morgan fingerprint density at radius 2 is 2.30 bits per heavy atom. The van der Waals surface area contributed by atoms with Crippen molar-refractivity contribution in [3.63, 3.8) is 0 Å². The highest BCUT2D eigenvalue weighted by Crippen LogP contribution is 2.25. The first-order valence-corrected chi connectivity index (χ1v) is 8.13. The number of amides is 1. The topological polar surface area (TPSA) is 41.1 Å². The summed E-state index contributed by atoms with van der Waals surface area (Å²) in [4.78, 5) is 11.9. The lowest BCUT2D eigenvalue weighted by Gasteiger charge is -2.08. The van der Waals surface area contributed by atoms with E-state index in [9.17, 15) is 4.79 Å². The molecule has 1 aromatic carbocycles. The largest absolute Gasteiger partial charge is 0.352 e. The molecule has 2 heterocycles. The fourth-order valence-electron chi connectivity index (χ4n) is 2.75. The van der Waals surface area contributed by atoms with E-state index >= 15 is 0 Å². The molecule has 1 fully saturated rings. The molecule has 2 N–H and O–H groups in total. The van der Waals surface area contributed by atoms with Gasteiger partial charge in [-0.05, 0) is 54.2 Å². The average molecular weight is 288 g/mol. The molecule has 1 atom stereocenters. The number of benzene rings is 1. The second-order valence-corrected chi connectivity index (χ2v) is 6.34. The van der Waals surface area contributed by atoms with Crippen LogP contribution in [0.5, 0.6) is 0 Å². The summed E-state index contributed by atoms with van der Waals surface area (Å²) >= 11 is 1.74. The van der Waals surface area contributed by atoms with Crippen LogP contribution in [-0.2, 0) is 11.3 Å². The van der Waals surface area contributed by atoms with Crippen molar-refractivity contribution in [1.82, 2.24) is 10.6 Å². The molecule has 0 spiro atoms. The van der Waals surface area contributed by atoms with Crippen molar-refractivity contribution in [1.29, 1.82) is 0 Å². The van der Waals surface area contributed by atoms with Gasteiger partial charge in [0.05, 0.1) is 0 Å². The Kier molecular flexibility index (Phi) is 4.33. The fourth-order valence-corrected chi connectivity index (χ4v) is 3.71.